The molecular weight excluding hydrogens is 212 g/mol. The van der Waals surface area contributed by atoms with Crippen molar-refractivity contribution in [1.82, 2.24) is 0 Å². The van der Waals surface area contributed by atoms with Crippen LogP contribution in [0.25, 0.3) is 0 Å². The molecule has 17 heavy (non-hydrogen) atoms. The molecule has 0 fully saturated rings. The lowest BCUT2D eigenvalue weighted by Gasteiger charge is -2.20. The van der Waals surface area contributed by atoms with Crippen LogP contribution in [0, 0.1) is 11.8 Å². The molecule has 0 amide bonds. The van der Waals surface area contributed by atoms with Crippen LogP contribution in [0.3, 0.4) is 0 Å². The summed E-state index contributed by atoms with van der Waals surface area (Å²) in [5.41, 5.74) is 6.86. The first-order valence-electron chi connectivity index (χ1n) is 6.34. The van der Waals surface area contributed by atoms with E-state index in [0.717, 1.165) is 24.5 Å². The second kappa shape index (κ2) is 7.17. The minimum absolute atomic E-state index is 0.515. The monoisotopic (exact) mass is 236 g/mol. The van der Waals surface area contributed by atoms with Gasteiger partial charge >= 0.3 is 0 Å². The summed E-state index contributed by atoms with van der Waals surface area (Å²) in [5.74, 6) is 2.04. The molecule has 0 aliphatic carbocycles. The molecule has 0 aromatic heterocycles. The van der Waals surface area contributed by atoms with Crippen molar-refractivity contribution in [3.05, 3.63) is 24.3 Å². The predicted octanol–water partition coefficient (Wildman–Crippen LogP) is 2.73. The fourth-order valence-corrected chi connectivity index (χ4v) is 1.68. The highest BCUT2D eigenvalue weighted by molar-refractivity contribution is 5.46. The van der Waals surface area contributed by atoms with Crippen LogP contribution in [-0.4, -0.2) is 19.7 Å². The van der Waals surface area contributed by atoms with Gasteiger partial charge < -0.3 is 15.8 Å². The number of benzene rings is 1. The van der Waals surface area contributed by atoms with Gasteiger partial charge in [0.15, 0.2) is 0 Å². The van der Waals surface area contributed by atoms with E-state index in [4.69, 9.17) is 10.5 Å². The van der Waals surface area contributed by atoms with E-state index in [1.165, 1.54) is 0 Å². The summed E-state index contributed by atoms with van der Waals surface area (Å²) < 4.78 is 5.40. The van der Waals surface area contributed by atoms with Crippen LogP contribution in [0.1, 0.15) is 20.8 Å². The van der Waals surface area contributed by atoms with E-state index >= 15 is 0 Å². The zero-order chi connectivity index (χ0) is 12.7. The third kappa shape index (κ3) is 4.65. The number of anilines is 1. The maximum Gasteiger partial charge on any atom is 0.119 e. The number of nitrogens with one attached hydrogen (secondary N) is 1. The lowest BCUT2D eigenvalue weighted by Crippen LogP contribution is -2.27. The fraction of sp³-hybridized carbons (Fsp3) is 0.571. The standard InChI is InChI=1S/C14H24N2O/c1-4-17-14-7-5-13(6-8-14)16-10-12(9-15)11(2)3/h5-8,11-12,16H,4,9-10,15H2,1-3H3. The van der Waals surface area contributed by atoms with Gasteiger partial charge in [0.1, 0.15) is 5.75 Å². The van der Waals surface area contributed by atoms with Crippen LogP contribution < -0.4 is 15.8 Å². The Morgan fingerprint density at radius 2 is 1.88 bits per heavy atom. The van der Waals surface area contributed by atoms with Crippen LogP contribution >= 0.6 is 0 Å². The molecular formula is C14H24N2O. The van der Waals surface area contributed by atoms with Crippen LogP contribution in [0.2, 0.25) is 0 Å². The third-order valence-electron chi connectivity index (χ3n) is 2.98. The molecule has 0 aliphatic heterocycles. The molecule has 1 aromatic carbocycles. The first kappa shape index (κ1) is 13.8. The first-order valence-corrected chi connectivity index (χ1v) is 6.34. The van der Waals surface area contributed by atoms with Gasteiger partial charge in [-0.2, -0.15) is 0 Å². The molecule has 0 bridgehead atoms. The third-order valence-corrected chi connectivity index (χ3v) is 2.98. The Morgan fingerprint density at radius 1 is 1.24 bits per heavy atom. The molecule has 1 unspecified atom stereocenters. The molecule has 3 N–H and O–H groups in total. The summed E-state index contributed by atoms with van der Waals surface area (Å²) in [4.78, 5) is 0. The summed E-state index contributed by atoms with van der Waals surface area (Å²) in [6, 6.07) is 8.05. The van der Waals surface area contributed by atoms with E-state index in [-0.39, 0.29) is 0 Å². The van der Waals surface area contributed by atoms with E-state index in [2.05, 4.69) is 19.2 Å². The van der Waals surface area contributed by atoms with Gasteiger partial charge in [-0.1, -0.05) is 13.8 Å². The van der Waals surface area contributed by atoms with Crippen molar-refractivity contribution in [2.45, 2.75) is 20.8 Å². The van der Waals surface area contributed by atoms with E-state index in [9.17, 15) is 0 Å². The van der Waals surface area contributed by atoms with Crippen molar-refractivity contribution in [1.29, 1.82) is 0 Å². The predicted molar refractivity (Wildman–Crippen MR) is 73.5 cm³/mol. The van der Waals surface area contributed by atoms with Crippen molar-refractivity contribution in [3.8, 4) is 5.75 Å². The summed E-state index contributed by atoms with van der Waals surface area (Å²) in [7, 11) is 0. The highest BCUT2D eigenvalue weighted by atomic mass is 16.5. The van der Waals surface area contributed by atoms with Crippen LogP contribution in [0.5, 0.6) is 5.75 Å². The van der Waals surface area contributed by atoms with Crippen molar-refractivity contribution in [3.63, 3.8) is 0 Å². The summed E-state index contributed by atoms with van der Waals surface area (Å²) in [5, 5.41) is 3.41. The summed E-state index contributed by atoms with van der Waals surface area (Å²) in [6.07, 6.45) is 0. The quantitative estimate of drug-likeness (QED) is 0.765. The van der Waals surface area contributed by atoms with Gasteiger partial charge in [0.05, 0.1) is 6.61 Å². The Kier molecular flexibility index (Phi) is 5.84. The number of rotatable bonds is 7. The number of hydrogen-bond donors (Lipinski definition) is 2. The van der Waals surface area contributed by atoms with Crippen LogP contribution in [0.4, 0.5) is 5.69 Å². The Balaban J connectivity index is 2.46. The first-order chi connectivity index (χ1) is 8.17. The Bertz CT molecular complexity index is 309. The van der Waals surface area contributed by atoms with Gasteiger partial charge in [-0.25, -0.2) is 0 Å². The normalized spacial score (nSPS) is 12.5. The lowest BCUT2D eigenvalue weighted by molar-refractivity contribution is 0.340. The largest absolute Gasteiger partial charge is 0.494 e. The molecule has 1 rings (SSSR count). The van der Waals surface area contributed by atoms with Crippen molar-refractivity contribution < 1.29 is 4.74 Å². The highest BCUT2D eigenvalue weighted by Gasteiger charge is 2.10. The Morgan fingerprint density at radius 3 is 2.35 bits per heavy atom. The van der Waals surface area contributed by atoms with Crippen molar-refractivity contribution >= 4 is 5.69 Å². The molecule has 3 nitrogen and oxygen atoms in total. The maximum absolute atomic E-state index is 5.74. The molecule has 1 aromatic rings. The topological polar surface area (TPSA) is 47.3 Å². The van der Waals surface area contributed by atoms with Crippen molar-refractivity contribution in [2.75, 3.05) is 25.0 Å². The lowest BCUT2D eigenvalue weighted by atomic mass is 9.96. The van der Waals surface area contributed by atoms with E-state index in [1.807, 2.05) is 31.2 Å². The molecule has 96 valence electrons. The average molecular weight is 236 g/mol. The Hall–Kier alpha value is -1.22. The number of ether oxygens (including phenoxy) is 1. The fourth-order valence-electron chi connectivity index (χ4n) is 1.68. The smallest absolute Gasteiger partial charge is 0.119 e. The molecule has 0 saturated carbocycles. The molecule has 0 saturated heterocycles. The van der Waals surface area contributed by atoms with E-state index in [0.29, 0.717) is 18.4 Å². The van der Waals surface area contributed by atoms with E-state index < -0.39 is 0 Å². The second-order valence-electron chi connectivity index (χ2n) is 4.58. The second-order valence-corrected chi connectivity index (χ2v) is 4.58. The van der Waals surface area contributed by atoms with Crippen LogP contribution in [0.15, 0.2) is 24.3 Å². The van der Waals surface area contributed by atoms with Gasteiger partial charge in [-0.3, -0.25) is 0 Å². The van der Waals surface area contributed by atoms with Gasteiger partial charge in [0, 0.05) is 12.2 Å². The summed E-state index contributed by atoms with van der Waals surface area (Å²) in [6.45, 7) is 8.74. The zero-order valence-electron chi connectivity index (χ0n) is 11.1. The van der Waals surface area contributed by atoms with Gasteiger partial charge in [-0.05, 0) is 49.6 Å². The average Bonchev–Trinajstić information content (AvgIpc) is 2.32. The molecule has 0 radical (unpaired) electrons. The molecule has 3 heteroatoms. The molecule has 1 atom stereocenters. The van der Waals surface area contributed by atoms with Crippen LogP contribution in [-0.2, 0) is 0 Å². The molecule has 0 spiro atoms. The summed E-state index contributed by atoms with van der Waals surface area (Å²) >= 11 is 0. The minimum atomic E-state index is 0.515. The SMILES string of the molecule is CCOc1ccc(NCC(CN)C(C)C)cc1. The number of hydrogen-bond acceptors (Lipinski definition) is 3. The van der Waals surface area contributed by atoms with Gasteiger partial charge in [-0.15, -0.1) is 0 Å². The Labute approximate surface area is 104 Å². The van der Waals surface area contributed by atoms with Crippen molar-refractivity contribution in [2.24, 2.45) is 17.6 Å². The zero-order valence-corrected chi connectivity index (χ0v) is 11.1. The molecule has 0 aliphatic rings. The number of nitrogens with two attached hydrogens (primary N) is 1. The van der Waals surface area contributed by atoms with E-state index in [1.54, 1.807) is 0 Å². The van der Waals surface area contributed by atoms with Gasteiger partial charge in [0.2, 0.25) is 0 Å². The highest BCUT2D eigenvalue weighted by Crippen LogP contribution is 2.17. The maximum atomic E-state index is 5.74. The van der Waals surface area contributed by atoms with Gasteiger partial charge in [0.25, 0.3) is 0 Å². The molecule has 0 heterocycles. The minimum Gasteiger partial charge on any atom is -0.494 e.